The number of para-hydroxylation sites is 1. The van der Waals surface area contributed by atoms with E-state index in [0.717, 1.165) is 10.8 Å². The number of aromatic hydroxyl groups is 1. The van der Waals surface area contributed by atoms with Crippen molar-refractivity contribution in [1.29, 1.82) is 0 Å². The minimum absolute atomic E-state index is 0.0174. The van der Waals surface area contributed by atoms with E-state index >= 15 is 0 Å². The van der Waals surface area contributed by atoms with E-state index in [2.05, 4.69) is 30.6 Å². The quantitative estimate of drug-likeness (QED) is 0.556. The molecule has 0 spiro atoms. The monoisotopic (exact) mass is 299 g/mol. The van der Waals surface area contributed by atoms with Gasteiger partial charge in [0.2, 0.25) is 5.88 Å². The summed E-state index contributed by atoms with van der Waals surface area (Å²) in [5, 5.41) is 22.9. The summed E-state index contributed by atoms with van der Waals surface area (Å²) in [5.74, 6) is -0.552. The van der Waals surface area contributed by atoms with Gasteiger partial charge in [-0.15, -0.1) is 5.10 Å². The van der Waals surface area contributed by atoms with E-state index in [4.69, 9.17) is 0 Å². The standard InChI is InChI=1S/C12H9N7O3/c20-9-8(6-13-11-15-17-18-16-11)10(21)19(12(22)14-9)7-4-2-1-3-5-7/h1-6,21H,(H,14,20,22)(H,15,16,17,18). The Morgan fingerprint density at radius 1 is 1.23 bits per heavy atom. The lowest BCUT2D eigenvalue weighted by molar-refractivity contribution is 0.430. The molecule has 0 aliphatic heterocycles. The summed E-state index contributed by atoms with van der Waals surface area (Å²) in [6, 6.07) is 8.37. The second-order valence-corrected chi connectivity index (χ2v) is 4.14. The number of H-pyrrole nitrogens is 2. The molecule has 110 valence electrons. The molecule has 10 heteroatoms. The zero-order valence-electron chi connectivity index (χ0n) is 11.0. The average molecular weight is 299 g/mol. The molecule has 0 unspecified atom stereocenters. The third-order valence-corrected chi connectivity index (χ3v) is 2.78. The maximum atomic E-state index is 11.9. The summed E-state index contributed by atoms with van der Waals surface area (Å²) in [6.07, 6.45) is 1.05. The van der Waals surface area contributed by atoms with E-state index in [0.29, 0.717) is 5.69 Å². The Hall–Kier alpha value is -3.56. The number of hydrogen-bond acceptors (Lipinski definition) is 7. The summed E-state index contributed by atoms with van der Waals surface area (Å²) in [6.45, 7) is 0. The molecule has 2 heterocycles. The van der Waals surface area contributed by atoms with Gasteiger partial charge in [-0.05, 0) is 17.3 Å². The molecule has 2 aromatic heterocycles. The van der Waals surface area contributed by atoms with Crippen LogP contribution in [-0.4, -0.2) is 41.5 Å². The summed E-state index contributed by atoms with van der Waals surface area (Å²) < 4.78 is 0.957. The molecule has 1 aromatic carbocycles. The predicted molar refractivity (Wildman–Crippen MR) is 75.8 cm³/mol. The van der Waals surface area contributed by atoms with Crippen molar-refractivity contribution in [3.8, 4) is 11.6 Å². The van der Waals surface area contributed by atoms with Gasteiger partial charge in [0.15, 0.2) is 0 Å². The van der Waals surface area contributed by atoms with Gasteiger partial charge < -0.3 is 5.11 Å². The zero-order valence-corrected chi connectivity index (χ0v) is 11.0. The molecule has 10 nitrogen and oxygen atoms in total. The number of benzene rings is 1. The Morgan fingerprint density at radius 2 is 2.00 bits per heavy atom. The third-order valence-electron chi connectivity index (χ3n) is 2.78. The normalized spacial score (nSPS) is 11.1. The van der Waals surface area contributed by atoms with Crippen LogP contribution < -0.4 is 11.2 Å². The Bertz CT molecular complexity index is 926. The Balaban J connectivity index is 2.16. The highest BCUT2D eigenvalue weighted by atomic mass is 16.3. The van der Waals surface area contributed by atoms with Gasteiger partial charge in [-0.25, -0.2) is 14.4 Å². The summed E-state index contributed by atoms with van der Waals surface area (Å²) >= 11 is 0. The summed E-state index contributed by atoms with van der Waals surface area (Å²) in [4.78, 5) is 29.6. The van der Waals surface area contributed by atoms with E-state index < -0.39 is 17.1 Å². The topological polar surface area (TPSA) is 142 Å². The highest BCUT2D eigenvalue weighted by molar-refractivity contribution is 5.83. The van der Waals surface area contributed by atoms with Crippen LogP contribution in [0, 0.1) is 0 Å². The minimum atomic E-state index is -0.776. The van der Waals surface area contributed by atoms with Crippen molar-refractivity contribution in [1.82, 2.24) is 30.2 Å². The van der Waals surface area contributed by atoms with Crippen LogP contribution in [-0.2, 0) is 0 Å². The van der Waals surface area contributed by atoms with Gasteiger partial charge in [-0.2, -0.15) is 5.21 Å². The van der Waals surface area contributed by atoms with Crippen LogP contribution in [0.2, 0.25) is 0 Å². The minimum Gasteiger partial charge on any atom is -0.493 e. The van der Waals surface area contributed by atoms with Crippen molar-refractivity contribution in [2.45, 2.75) is 0 Å². The zero-order chi connectivity index (χ0) is 15.5. The lowest BCUT2D eigenvalue weighted by Crippen LogP contribution is -2.31. The van der Waals surface area contributed by atoms with Crippen molar-refractivity contribution in [3.63, 3.8) is 0 Å². The molecule has 0 amide bonds. The molecule has 0 aliphatic rings. The van der Waals surface area contributed by atoms with Gasteiger partial charge in [0.1, 0.15) is 5.56 Å². The smallest absolute Gasteiger partial charge is 0.335 e. The fourth-order valence-electron chi connectivity index (χ4n) is 1.81. The highest BCUT2D eigenvalue weighted by Crippen LogP contribution is 2.15. The molecule has 3 N–H and O–H groups in total. The second kappa shape index (κ2) is 5.44. The molecule has 0 atom stereocenters. The Labute approximate surface area is 121 Å². The number of aromatic amines is 2. The van der Waals surface area contributed by atoms with Gasteiger partial charge in [0.25, 0.3) is 11.5 Å². The first kappa shape index (κ1) is 13.4. The number of aliphatic imine (C=N–C) groups is 1. The molecule has 0 bridgehead atoms. The Morgan fingerprint density at radius 3 is 2.68 bits per heavy atom. The van der Waals surface area contributed by atoms with Crippen molar-refractivity contribution in [3.05, 3.63) is 56.7 Å². The lowest BCUT2D eigenvalue weighted by atomic mass is 10.3. The Kier molecular flexibility index (Phi) is 3.32. The molecule has 3 aromatic rings. The first-order valence-electron chi connectivity index (χ1n) is 6.08. The fourth-order valence-corrected chi connectivity index (χ4v) is 1.81. The van der Waals surface area contributed by atoms with Crippen LogP contribution in [0.25, 0.3) is 5.69 Å². The number of tetrazole rings is 1. The van der Waals surface area contributed by atoms with Gasteiger partial charge in [0.05, 0.1) is 5.69 Å². The SMILES string of the molecule is O=c1[nH]c(=O)n(-c2ccccc2)c(O)c1C=Nc1nn[nH]n1. The first-order valence-corrected chi connectivity index (χ1v) is 6.08. The van der Waals surface area contributed by atoms with Crippen LogP contribution in [0.5, 0.6) is 5.88 Å². The van der Waals surface area contributed by atoms with E-state index in [9.17, 15) is 14.7 Å². The molecular weight excluding hydrogens is 290 g/mol. The molecule has 0 fully saturated rings. The molecule has 0 aliphatic carbocycles. The van der Waals surface area contributed by atoms with Gasteiger partial charge in [-0.3, -0.25) is 9.78 Å². The number of rotatable bonds is 3. The van der Waals surface area contributed by atoms with Crippen LogP contribution >= 0.6 is 0 Å². The van der Waals surface area contributed by atoms with Crippen molar-refractivity contribution < 1.29 is 5.11 Å². The number of aromatic nitrogens is 6. The lowest BCUT2D eigenvalue weighted by Gasteiger charge is -2.08. The first-order chi connectivity index (χ1) is 10.7. The van der Waals surface area contributed by atoms with E-state index in [1.165, 1.54) is 0 Å². The second-order valence-electron chi connectivity index (χ2n) is 4.14. The number of nitrogens with zero attached hydrogens (tertiary/aromatic N) is 5. The maximum absolute atomic E-state index is 11.9. The number of hydrogen-bond donors (Lipinski definition) is 3. The summed E-state index contributed by atoms with van der Waals surface area (Å²) in [5.41, 5.74) is -1.34. The molecular formula is C12H9N7O3. The largest absolute Gasteiger partial charge is 0.493 e. The van der Waals surface area contributed by atoms with Crippen molar-refractivity contribution >= 4 is 12.2 Å². The van der Waals surface area contributed by atoms with E-state index in [1.807, 2.05) is 0 Å². The van der Waals surface area contributed by atoms with Gasteiger partial charge >= 0.3 is 5.69 Å². The van der Waals surface area contributed by atoms with Crippen LogP contribution in [0.4, 0.5) is 5.95 Å². The summed E-state index contributed by atoms with van der Waals surface area (Å²) in [7, 11) is 0. The van der Waals surface area contributed by atoms with Crippen molar-refractivity contribution in [2.24, 2.45) is 4.99 Å². The average Bonchev–Trinajstić information content (AvgIpc) is 3.01. The van der Waals surface area contributed by atoms with E-state index in [1.54, 1.807) is 30.3 Å². The third kappa shape index (κ3) is 2.40. The van der Waals surface area contributed by atoms with Crippen LogP contribution in [0.1, 0.15) is 5.56 Å². The predicted octanol–water partition coefficient (Wildman–Crippen LogP) is -0.505. The van der Waals surface area contributed by atoms with Crippen molar-refractivity contribution in [2.75, 3.05) is 0 Å². The molecule has 0 saturated carbocycles. The van der Waals surface area contributed by atoms with E-state index in [-0.39, 0.29) is 11.5 Å². The van der Waals surface area contributed by atoms with Gasteiger partial charge in [-0.1, -0.05) is 23.3 Å². The highest BCUT2D eigenvalue weighted by Gasteiger charge is 2.14. The van der Waals surface area contributed by atoms with Crippen LogP contribution in [0.3, 0.4) is 0 Å². The molecule has 0 saturated heterocycles. The fraction of sp³-hybridized carbons (Fsp3) is 0. The number of nitrogens with one attached hydrogen (secondary N) is 2. The maximum Gasteiger partial charge on any atom is 0.335 e. The van der Waals surface area contributed by atoms with Gasteiger partial charge in [0, 0.05) is 6.21 Å². The molecule has 0 radical (unpaired) electrons. The van der Waals surface area contributed by atoms with Crippen LogP contribution in [0.15, 0.2) is 44.9 Å². The molecule has 22 heavy (non-hydrogen) atoms. The molecule has 3 rings (SSSR count).